The van der Waals surface area contributed by atoms with Gasteiger partial charge in [0.05, 0.1) is 10.6 Å². The van der Waals surface area contributed by atoms with Crippen LogP contribution in [0.5, 0.6) is 0 Å². The fourth-order valence-electron chi connectivity index (χ4n) is 2.83. The summed E-state index contributed by atoms with van der Waals surface area (Å²) in [6.45, 7) is 1.92. The number of aromatic nitrogens is 3. The Labute approximate surface area is 168 Å². The van der Waals surface area contributed by atoms with Crippen LogP contribution in [0.1, 0.15) is 11.5 Å². The molecule has 0 fully saturated rings. The standard InChI is InChI=1S/C21H18N4O3S/c1-15-25-21(14-28-15)17-2-4-19(5-3-17)29(26,27)24-13-16-6-11-23-20(12-16)18-7-9-22-10-8-18/h2-12,14,24H,13H2,1H3. The zero-order valence-corrected chi connectivity index (χ0v) is 16.4. The second kappa shape index (κ2) is 7.94. The normalized spacial score (nSPS) is 11.5. The van der Waals surface area contributed by atoms with E-state index in [1.165, 1.54) is 0 Å². The number of pyridine rings is 2. The van der Waals surface area contributed by atoms with Gasteiger partial charge in [-0.05, 0) is 42.0 Å². The number of nitrogens with zero attached hydrogens (tertiary/aromatic N) is 3. The van der Waals surface area contributed by atoms with Gasteiger partial charge in [0.25, 0.3) is 0 Å². The van der Waals surface area contributed by atoms with Crippen molar-refractivity contribution in [3.63, 3.8) is 0 Å². The first-order chi connectivity index (χ1) is 14.0. The van der Waals surface area contributed by atoms with Gasteiger partial charge in [0.15, 0.2) is 5.89 Å². The van der Waals surface area contributed by atoms with Crippen LogP contribution in [0.15, 0.2) is 82.7 Å². The van der Waals surface area contributed by atoms with E-state index in [4.69, 9.17) is 4.42 Å². The van der Waals surface area contributed by atoms with Crippen LogP contribution in [0, 0.1) is 6.92 Å². The van der Waals surface area contributed by atoms with E-state index in [2.05, 4.69) is 19.7 Å². The van der Waals surface area contributed by atoms with E-state index in [9.17, 15) is 8.42 Å². The van der Waals surface area contributed by atoms with Crippen molar-refractivity contribution in [3.8, 4) is 22.5 Å². The molecule has 1 aromatic carbocycles. The van der Waals surface area contributed by atoms with E-state index in [-0.39, 0.29) is 11.4 Å². The summed E-state index contributed by atoms with van der Waals surface area (Å²) < 4.78 is 33.1. The fourth-order valence-corrected chi connectivity index (χ4v) is 3.85. The van der Waals surface area contributed by atoms with Crippen LogP contribution < -0.4 is 4.72 Å². The number of hydrogen-bond donors (Lipinski definition) is 1. The molecular weight excluding hydrogens is 388 g/mol. The summed E-state index contributed by atoms with van der Waals surface area (Å²) in [5.74, 6) is 0.557. The number of nitrogens with one attached hydrogen (secondary N) is 1. The molecule has 0 aliphatic carbocycles. The molecule has 3 heterocycles. The molecule has 8 heteroatoms. The largest absolute Gasteiger partial charge is 0.449 e. The maximum absolute atomic E-state index is 12.6. The number of sulfonamides is 1. The minimum Gasteiger partial charge on any atom is -0.449 e. The van der Waals surface area contributed by atoms with E-state index >= 15 is 0 Å². The number of rotatable bonds is 6. The van der Waals surface area contributed by atoms with Crippen molar-refractivity contribution in [3.05, 3.63) is 84.8 Å². The van der Waals surface area contributed by atoms with Gasteiger partial charge in [-0.1, -0.05) is 12.1 Å². The second-order valence-electron chi connectivity index (χ2n) is 6.39. The molecule has 0 amide bonds. The summed E-state index contributed by atoms with van der Waals surface area (Å²) >= 11 is 0. The third kappa shape index (κ3) is 4.39. The molecule has 7 nitrogen and oxygen atoms in total. The predicted octanol–water partition coefficient (Wildman–Crippen LogP) is 3.59. The molecular formula is C21H18N4O3S. The van der Waals surface area contributed by atoms with Crippen molar-refractivity contribution < 1.29 is 12.8 Å². The van der Waals surface area contributed by atoms with Crippen molar-refractivity contribution in [1.82, 2.24) is 19.7 Å². The number of aryl methyl sites for hydroxylation is 1. The first kappa shape index (κ1) is 19.0. The lowest BCUT2D eigenvalue weighted by molar-refractivity contribution is 0.521. The average molecular weight is 406 g/mol. The summed E-state index contributed by atoms with van der Waals surface area (Å²) in [7, 11) is -3.65. The van der Waals surface area contributed by atoms with Crippen LogP contribution in [-0.2, 0) is 16.6 Å². The zero-order chi connectivity index (χ0) is 20.3. The Bertz CT molecular complexity index is 1220. The van der Waals surface area contributed by atoms with Crippen LogP contribution in [0.3, 0.4) is 0 Å². The van der Waals surface area contributed by atoms with E-state index in [1.54, 1.807) is 62.1 Å². The van der Waals surface area contributed by atoms with Crippen LogP contribution in [0.25, 0.3) is 22.5 Å². The number of oxazole rings is 1. The van der Waals surface area contributed by atoms with Gasteiger partial charge < -0.3 is 4.42 Å². The highest BCUT2D eigenvalue weighted by Gasteiger charge is 2.14. The first-order valence-corrected chi connectivity index (χ1v) is 10.4. The summed E-state index contributed by atoms with van der Waals surface area (Å²) in [5.41, 5.74) is 3.95. The molecule has 0 spiro atoms. The smallest absolute Gasteiger partial charge is 0.240 e. The highest BCUT2D eigenvalue weighted by Crippen LogP contribution is 2.21. The summed E-state index contributed by atoms with van der Waals surface area (Å²) in [5, 5.41) is 0. The highest BCUT2D eigenvalue weighted by atomic mass is 32.2. The van der Waals surface area contributed by atoms with Crippen molar-refractivity contribution in [2.75, 3.05) is 0 Å². The predicted molar refractivity (Wildman–Crippen MR) is 108 cm³/mol. The van der Waals surface area contributed by atoms with E-state index < -0.39 is 10.0 Å². The van der Waals surface area contributed by atoms with Crippen LogP contribution >= 0.6 is 0 Å². The third-order valence-electron chi connectivity index (χ3n) is 4.35. The van der Waals surface area contributed by atoms with Gasteiger partial charge in [0, 0.05) is 43.2 Å². The third-order valence-corrected chi connectivity index (χ3v) is 5.76. The zero-order valence-electron chi connectivity index (χ0n) is 15.6. The molecule has 0 bridgehead atoms. The molecule has 0 atom stereocenters. The monoisotopic (exact) mass is 406 g/mol. The maximum Gasteiger partial charge on any atom is 0.240 e. The molecule has 29 heavy (non-hydrogen) atoms. The van der Waals surface area contributed by atoms with Gasteiger partial charge in [-0.2, -0.15) is 0 Å². The SMILES string of the molecule is Cc1nc(-c2ccc(S(=O)(=O)NCc3ccnc(-c4ccncc4)c3)cc2)co1. The molecule has 1 N–H and O–H groups in total. The molecule has 0 unspecified atom stereocenters. The first-order valence-electron chi connectivity index (χ1n) is 8.89. The van der Waals surface area contributed by atoms with Gasteiger partial charge in [-0.15, -0.1) is 0 Å². The maximum atomic E-state index is 12.6. The van der Waals surface area contributed by atoms with Gasteiger partial charge in [-0.3, -0.25) is 9.97 Å². The van der Waals surface area contributed by atoms with Crippen LogP contribution in [-0.4, -0.2) is 23.4 Å². The second-order valence-corrected chi connectivity index (χ2v) is 8.15. The van der Waals surface area contributed by atoms with Gasteiger partial charge in [0.2, 0.25) is 10.0 Å². The van der Waals surface area contributed by atoms with E-state index in [0.717, 1.165) is 22.4 Å². The Balaban J connectivity index is 1.48. The minimum atomic E-state index is -3.65. The summed E-state index contributed by atoms with van der Waals surface area (Å²) in [6, 6.07) is 13.9. The molecule has 0 radical (unpaired) electrons. The molecule has 3 aromatic heterocycles. The Kier molecular flexibility index (Phi) is 5.20. The Morgan fingerprint density at radius 2 is 1.66 bits per heavy atom. The topological polar surface area (TPSA) is 98.0 Å². The highest BCUT2D eigenvalue weighted by molar-refractivity contribution is 7.89. The lowest BCUT2D eigenvalue weighted by Gasteiger charge is -2.08. The molecule has 4 aromatic rings. The summed E-state index contributed by atoms with van der Waals surface area (Å²) in [6.07, 6.45) is 6.59. The van der Waals surface area contributed by atoms with Crippen molar-refractivity contribution in [1.29, 1.82) is 0 Å². The van der Waals surface area contributed by atoms with Gasteiger partial charge in [-0.25, -0.2) is 18.1 Å². The lowest BCUT2D eigenvalue weighted by atomic mass is 10.1. The van der Waals surface area contributed by atoms with Crippen LogP contribution in [0.4, 0.5) is 0 Å². The van der Waals surface area contributed by atoms with Gasteiger partial charge in [0.1, 0.15) is 12.0 Å². The van der Waals surface area contributed by atoms with Crippen molar-refractivity contribution in [2.24, 2.45) is 0 Å². The molecule has 0 saturated carbocycles. The lowest BCUT2D eigenvalue weighted by Crippen LogP contribution is -2.23. The van der Waals surface area contributed by atoms with Crippen molar-refractivity contribution >= 4 is 10.0 Å². The molecule has 0 aliphatic heterocycles. The Morgan fingerprint density at radius 1 is 0.931 bits per heavy atom. The van der Waals surface area contributed by atoms with E-state index in [0.29, 0.717) is 11.6 Å². The van der Waals surface area contributed by atoms with Crippen molar-refractivity contribution in [2.45, 2.75) is 18.4 Å². The van der Waals surface area contributed by atoms with Gasteiger partial charge >= 0.3 is 0 Å². The molecule has 4 rings (SSSR count). The average Bonchev–Trinajstić information content (AvgIpc) is 3.20. The number of benzene rings is 1. The fraction of sp³-hybridized carbons (Fsp3) is 0.0952. The molecule has 0 aliphatic rings. The minimum absolute atomic E-state index is 0.160. The number of hydrogen-bond acceptors (Lipinski definition) is 6. The quantitative estimate of drug-likeness (QED) is 0.525. The summed E-state index contributed by atoms with van der Waals surface area (Å²) in [4.78, 5) is 12.8. The van der Waals surface area contributed by atoms with Crippen LogP contribution in [0.2, 0.25) is 0 Å². The molecule has 0 saturated heterocycles. The Hall–Kier alpha value is -3.36. The Morgan fingerprint density at radius 3 is 2.34 bits per heavy atom. The van der Waals surface area contributed by atoms with E-state index in [1.807, 2.05) is 18.2 Å². The molecule has 146 valence electrons.